The summed E-state index contributed by atoms with van der Waals surface area (Å²) in [7, 11) is 1.64. The summed E-state index contributed by atoms with van der Waals surface area (Å²) in [5.74, 6) is 1.32. The Morgan fingerprint density at radius 1 is 1.44 bits per heavy atom. The van der Waals surface area contributed by atoms with Crippen LogP contribution in [0.4, 0.5) is 0 Å². The first-order valence-corrected chi connectivity index (χ1v) is 9.27. The van der Waals surface area contributed by atoms with Gasteiger partial charge in [-0.1, -0.05) is 0 Å². The van der Waals surface area contributed by atoms with Crippen LogP contribution >= 0.6 is 0 Å². The normalized spacial score (nSPS) is 30.3. The van der Waals surface area contributed by atoms with Gasteiger partial charge in [0.15, 0.2) is 5.69 Å². The molecule has 3 atom stereocenters. The fourth-order valence-corrected chi connectivity index (χ4v) is 5.19. The van der Waals surface area contributed by atoms with Gasteiger partial charge >= 0.3 is 0 Å². The van der Waals surface area contributed by atoms with Crippen molar-refractivity contribution in [1.29, 1.82) is 0 Å². The zero-order valence-electron chi connectivity index (χ0n) is 14.8. The van der Waals surface area contributed by atoms with E-state index in [2.05, 4.69) is 15.3 Å². The van der Waals surface area contributed by atoms with Crippen LogP contribution in [0.25, 0.3) is 10.9 Å². The Balaban J connectivity index is 1.45. The zero-order chi connectivity index (χ0) is 17.2. The second kappa shape index (κ2) is 5.21. The molecule has 3 fully saturated rings. The molecule has 1 saturated carbocycles. The summed E-state index contributed by atoms with van der Waals surface area (Å²) in [6.07, 6.45) is 3.84. The standard InChI is InChI=1S/C19H24N4O2/c1-3-23-16-5-4-12(25-2)10-13(16)17(21-23)18(24)20-15-11-22-9-8-19(22)7-6-14(15)19/h4-5,10,14-15H,3,6-9,11H2,1-2H3,(H,20,24)/t14?,15-,19?/m1/s1. The summed E-state index contributed by atoms with van der Waals surface area (Å²) in [5, 5.41) is 8.73. The highest BCUT2D eigenvalue weighted by molar-refractivity contribution is 6.05. The van der Waals surface area contributed by atoms with Gasteiger partial charge in [-0.05, 0) is 50.3 Å². The van der Waals surface area contributed by atoms with Gasteiger partial charge < -0.3 is 10.1 Å². The lowest BCUT2D eigenvalue weighted by molar-refractivity contribution is -0.0676. The molecule has 1 spiro atoms. The lowest BCUT2D eigenvalue weighted by Crippen LogP contribution is -2.64. The van der Waals surface area contributed by atoms with Gasteiger partial charge in [0.2, 0.25) is 0 Å². The highest BCUT2D eigenvalue weighted by Crippen LogP contribution is 2.57. The number of nitrogens with one attached hydrogen (secondary N) is 1. The van der Waals surface area contributed by atoms with E-state index in [1.165, 1.54) is 25.8 Å². The molecule has 0 radical (unpaired) electrons. The van der Waals surface area contributed by atoms with Crippen LogP contribution in [0.1, 0.15) is 36.7 Å². The molecule has 2 aromatic rings. The van der Waals surface area contributed by atoms with E-state index in [-0.39, 0.29) is 11.9 Å². The maximum Gasteiger partial charge on any atom is 0.272 e. The minimum Gasteiger partial charge on any atom is -0.497 e. The molecular formula is C19H24N4O2. The second-order valence-corrected chi connectivity index (χ2v) is 7.57. The molecule has 3 heterocycles. The Labute approximate surface area is 147 Å². The third kappa shape index (κ3) is 1.94. The number of benzene rings is 1. The van der Waals surface area contributed by atoms with Gasteiger partial charge in [-0.2, -0.15) is 5.10 Å². The van der Waals surface area contributed by atoms with Gasteiger partial charge in [0.05, 0.1) is 12.6 Å². The smallest absolute Gasteiger partial charge is 0.272 e. The fraction of sp³-hybridized carbons (Fsp3) is 0.579. The first-order chi connectivity index (χ1) is 12.2. The molecule has 132 valence electrons. The molecule has 1 N–H and O–H groups in total. The van der Waals surface area contributed by atoms with E-state index in [9.17, 15) is 4.79 Å². The molecule has 2 unspecified atom stereocenters. The highest BCUT2D eigenvalue weighted by Gasteiger charge is 2.63. The molecule has 1 amide bonds. The number of carbonyl (C=O) groups excluding carboxylic acids is 1. The number of aromatic nitrogens is 2. The average molecular weight is 340 g/mol. The van der Waals surface area contributed by atoms with Gasteiger partial charge in [0.25, 0.3) is 5.91 Å². The van der Waals surface area contributed by atoms with Gasteiger partial charge in [-0.15, -0.1) is 0 Å². The van der Waals surface area contributed by atoms with Gasteiger partial charge in [-0.3, -0.25) is 14.4 Å². The van der Waals surface area contributed by atoms with Crippen LogP contribution in [-0.2, 0) is 6.54 Å². The predicted octanol–water partition coefficient (Wildman–Crippen LogP) is 2.03. The van der Waals surface area contributed by atoms with E-state index in [0.717, 1.165) is 29.7 Å². The molecule has 2 saturated heterocycles. The molecule has 1 aromatic heterocycles. The quantitative estimate of drug-likeness (QED) is 0.925. The van der Waals surface area contributed by atoms with Crippen molar-refractivity contribution in [3.8, 4) is 5.75 Å². The molecule has 5 rings (SSSR count). The molecule has 1 aromatic carbocycles. The molecular weight excluding hydrogens is 316 g/mol. The maximum absolute atomic E-state index is 13.0. The summed E-state index contributed by atoms with van der Waals surface area (Å²) in [4.78, 5) is 15.6. The molecule has 2 aliphatic heterocycles. The van der Waals surface area contributed by atoms with Crippen molar-refractivity contribution in [3.63, 3.8) is 0 Å². The number of hydrogen-bond donors (Lipinski definition) is 1. The molecule has 1 aliphatic carbocycles. The zero-order valence-corrected chi connectivity index (χ0v) is 14.8. The number of aryl methyl sites for hydroxylation is 1. The number of fused-ring (bicyclic) bond motifs is 1. The van der Waals surface area contributed by atoms with Crippen LogP contribution in [0.5, 0.6) is 5.75 Å². The monoisotopic (exact) mass is 340 g/mol. The number of methoxy groups -OCH3 is 1. The summed E-state index contributed by atoms with van der Waals surface area (Å²) in [5.41, 5.74) is 1.91. The van der Waals surface area contributed by atoms with E-state index in [1.54, 1.807) is 7.11 Å². The Morgan fingerprint density at radius 3 is 2.92 bits per heavy atom. The molecule has 6 heteroatoms. The van der Waals surface area contributed by atoms with E-state index in [4.69, 9.17) is 4.74 Å². The fourth-order valence-electron chi connectivity index (χ4n) is 5.19. The maximum atomic E-state index is 13.0. The number of amides is 1. The van der Waals surface area contributed by atoms with Crippen molar-refractivity contribution in [2.45, 2.75) is 44.3 Å². The average Bonchev–Trinajstić information content (AvgIpc) is 3.00. The summed E-state index contributed by atoms with van der Waals surface area (Å²) in [6, 6.07) is 6.06. The van der Waals surface area contributed by atoms with Crippen molar-refractivity contribution in [2.24, 2.45) is 5.92 Å². The first-order valence-electron chi connectivity index (χ1n) is 9.27. The Bertz CT molecular complexity index is 856. The topological polar surface area (TPSA) is 59.4 Å². The molecule has 0 bridgehead atoms. The third-order valence-corrected chi connectivity index (χ3v) is 6.71. The number of hydrogen-bond acceptors (Lipinski definition) is 4. The van der Waals surface area contributed by atoms with Crippen molar-refractivity contribution in [1.82, 2.24) is 20.0 Å². The van der Waals surface area contributed by atoms with E-state index >= 15 is 0 Å². The third-order valence-electron chi connectivity index (χ3n) is 6.71. The van der Waals surface area contributed by atoms with Crippen LogP contribution in [0.3, 0.4) is 0 Å². The van der Waals surface area contributed by atoms with Crippen molar-refractivity contribution in [3.05, 3.63) is 23.9 Å². The van der Waals surface area contributed by atoms with Crippen LogP contribution in [0.2, 0.25) is 0 Å². The lowest BCUT2D eigenvalue weighted by Gasteiger charge is -2.58. The van der Waals surface area contributed by atoms with Gasteiger partial charge in [-0.25, -0.2) is 0 Å². The van der Waals surface area contributed by atoms with E-state index < -0.39 is 0 Å². The summed E-state index contributed by atoms with van der Waals surface area (Å²) in [6.45, 7) is 4.96. The van der Waals surface area contributed by atoms with Crippen molar-refractivity contribution >= 4 is 16.8 Å². The Morgan fingerprint density at radius 2 is 2.32 bits per heavy atom. The SMILES string of the molecule is CCn1nc(C(=O)N[C@@H]2CN3CCC34CCC24)c2cc(OC)ccc21. The summed E-state index contributed by atoms with van der Waals surface area (Å²) >= 11 is 0. The second-order valence-electron chi connectivity index (χ2n) is 7.57. The Kier molecular flexibility index (Phi) is 3.17. The van der Waals surface area contributed by atoms with Gasteiger partial charge in [0, 0.05) is 36.6 Å². The van der Waals surface area contributed by atoms with E-state index in [0.29, 0.717) is 17.2 Å². The van der Waals surface area contributed by atoms with Crippen LogP contribution in [0, 0.1) is 5.92 Å². The Hall–Kier alpha value is -2.08. The van der Waals surface area contributed by atoms with Crippen LogP contribution < -0.4 is 10.1 Å². The number of ether oxygens (including phenoxy) is 1. The van der Waals surface area contributed by atoms with Crippen LogP contribution in [-0.4, -0.2) is 52.4 Å². The minimum atomic E-state index is -0.0556. The highest BCUT2D eigenvalue weighted by atomic mass is 16.5. The van der Waals surface area contributed by atoms with Gasteiger partial charge in [0.1, 0.15) is 5.75 Å². The number of rotatable bonds is 4. The lowest BCUT2D eigenvalue weighted by atomic mass is 9.61. The molecule has 6 nitrogen and oxygen atoms in total. The first kappa shape index (κ1) is 15.2. The van der Waals surface area contributed by atoms with Crippen LogP contribution in [0.15, 0.2) is 18.2 Å². The number of carbonyl (C=O) groups is 1. The summed E-state index contributed by atoms with van der Waals surface area (Å²) < 4.78 is 7.22. The molecule has 3 aliphatic rings. The largest absolute Gasteiger partial charge is 0.497 e. The predicted molar refractivity (Wildman–Crippen MR) is 94.9 cm³/mol. The van der Waals surface area contributed by atoms with Crippen molar-refractivity contribution in [2.75, 3.05) is 20.2 Å². The van der Waals surface area contributed by atoms with Crippen molar-refractivity contribution < 1.29 is 9.53 Å². The number of nitrogens with zero attached hydrogens (tertiary/aromatic N) is 3. The molecule has 25 heavy (non-hydrogen) atoms. The minimum absolute atomic E-state index is 0.0556. The van der Waals surface area contributed by atoms with E-state index in [1.807, 2.05) is 29.8 Å².